The number of hydrogen-bond donors (Lipinski definition) is 1. The largest absolute Gasteiger partial charge is 0.496 e. The van der Waals surface area contributed by atoms with Crippen LogP contribution in [0.1, 0.15) is 27.0 Å². The molecule has 29 heavy (non-hydrogen) atoms. The van der Waals surface area contributed by atoms with Crippen molar-refractivity contribution in [2.24, 2.45) is 0 Å². The Balaban J connectivity index is 1.83. The van der Waals surface area contributed by atoms with Gasteiger partial charge in [-0.25, -0.2) is 0 Å². The molecule has 3 aromatic carbocycles. The molecule has 1 N–H and O–H groups in total. The first-order valence-corrected chi connectivity index (χ1v) is 9.63. The fraction of sp³-hybridized carbons (Fsp3) is 0.200. The van der Waals surface area contributed by atoms with E-state index in [1.165, 1.54) is 0 Å². The average Bonchev–Trinajstić information content (AvgIpc) is 2.74. The minimum atomic E-state index is -0.630. The Morgan fingerprint density at radius 1 is 0.897 bits per heavy atom. The van der Waals surface area contributed by atoms with Gasteiger partial charge < -0.3 is 10.1 Å². The van der Waals surface area contributed by atoms with Crippen molar-refractivity contribution in [2.75, 3.05) is 7.11 Å². The number of methoxy groups -OCH3 is 1. The Kier molecular flexibility index (Phi) is 6.80. The van der Waals surface area contributed by atoms with Crippen molar-refractivity contribution >= 4 is 11.7 Å². The quantitative estimate of drug-likeness (QED) is 0.632. The summed E-state index contributed by atoms with van der Waals surface area (Å²) in [5.41, 5.74) is 3.26. The van der Waals surface area contributed by atoms with Crippen LogP contribution in [0.25, 0.3) is 0 Å². The predicted octanol–water partition coefficient (Wildman–Crippen LogP) is 4.16. The lowest BCUT2D eigenvalue weighted by molar-refractivity contribution is -0.120. The van der Waals surface area contributed by atoms with Gasteiger partial charge in [-0.15, -0.1) is 0 Å². The first-order valence-electron chi connectivity index (χ1n) is 9.63. The van der Waals surface area contributed by atoms with Crippen LogP contribution in [-0.4, -0.2) is 24.8 Å². The number of rotatable bonds is 8. The highest BCUT2D eigenvalue weighted by Gasteiger charge is 2.23. The second kappa shape index (κ2) is 9.69. The summed E-state index contributed by atoms with van der Waals surface area (Å²) in [7, 11) is 1.59. The van der Waals surface area contributed by atoms with Gasteiger partial charge in [0.25, 0.3) is 5.91 Å². The van der Waals surface area contributed by atoms with Crippen molar-refractivity contribution in [1.82, 2.24) is 5.32 Å². The first-order chi connectivity index (χ1) is 14.1. The number of nitrogens with one attached hydrogen (secondary N) is 1. The minimum absolute atomic E-state index is 0.0553. The van der Waals surface area contributed by atoms with Gasteiger partial charge in [0.05, 0.1) is 13.2 Å². The maximum Gasteiger partial charge on any atom is 0.252 e. The molecule has 1 amide bonds. The Morgan fingerprint density at radius 3 is 2.28 bits per heavy atom. The van der Waals surface area contributed by atoms with Crippen molar-refractivity contribution in [3.8, 4) is 5.75 Å². The Bertz CT molecular complexity index is 982. The summed E-state index contributed by atoms with van der Waals surface area (Å²) in [5.74, 6) is 0.377. The van der Waals surface area contributed by atoms with E-state index in [9.17, 15) is 9.59 Å². The second-order valence-corrected chi connectivity index (χ2v) is 6.99. The zero-order valence-electron chi connectivity index (χ0n) is 16.7. The topological polar surface area (TPSA) is 55.4 Å². The maximum atomic E-state index is 13.2. The smallest absolute Gasteiger partial charge is 0.252 e. The van der Waals surface area contributed by atoms with Crippen LogP contribution >= 0.6 is 0 Å². The van der Waals surface area contributed by atoms with Crippen LogP contribution < -0.4 is 10.1 Å². The molecule has 0 aliphatic carbocycles. The molecule has 0 radical (unpaired) electrons. The van der Waals surface area contributed by atoms with Crippen LogP contribution in [-0.2, 0) is 17.6 Å². The number of carbonyl (C=O) groups is 2. The first kappa shape index (κ1) is 20.3. The summed E-state index contributed by atoms with van der Waals surface area (Å²) < 4.78 is 5.37. The molecule has 4 heteroatoms. The monoisotopic (exact) mass is 387 g/mol. The summed E-state index contributed by atoms with van der Waals surface area (Å²) >= 11 is 0. The molecular formula is C25H25NO3. The van der Waals surface area contributed by atoms with Gasteiger partial charge in [0.2, 0.25) is 0 Å². The Labute approximate surface area is 171 Å². The standard InChI is InChI=1S/C25H25NO3/c1-18-10-6-8-14-21(18)25(28)26-22(16-19-11-4-3-5-12-19)23(27)17-20-13-7-9-15-24(20)29-2/h3-15,22H,16-17H2,1-2H3,(H,26,28). The average molecular weight is 387 g/mol. The fourth-order valence-electron chi connectivity index (χ4n) is 3.32. The summed E-state index contributed by atoms with van der Waals surface area (Å²) in [6.07, 6.45) is 0.627. The van der Waals surface area contributed by atoms with Crippen molar-refractivity contribution in [3.05, 3.63) is 101 Å². The van der Waals surface area contributed by atoms with Gasteiger partial charge in [-0.05, 0) is 36.6 Å². The zero-order valence-corrected chi connectivity index (χ0v) is 16.7. The van der Waals surface area contributed by atoms with Crippen LogP contribution in [0.5, 0.6) is 5.75 Å². The molecule has 1 unspecified atom stereocenters. The number of hydrogen-bond acceptors (Lipinski definition) is 3. The Hall–Kier alpha value is -3.40. The highest BCUT2D eigenvalue weighted by Crippen LogP contribution is 2.19. The fourth-order valence-corrected chi connectivity index (χ4v) is 3.32. The van der Waals surface area contributed by atoms with Crippen LogP contribution in [0.2, 0.25) is 0 Å². The van der Waals surface area contributed by atoms with Crippen molar-refractivity contribution in [3.63, 3.8) is 0 Å². The molecule has 0 saturated heterocycles. The van der Waals surface area contributed by atoms with Gasteiger partial charge in [-0.2, -0.15) is 0 Å². The summed E-state index contributed by atoms with van der Waals surface area (Å²) in [5, 5.41) is 2.95. The number of para-hydroxylation sites is 1. The van der Waals surface area contributed by atoms with Gasteiger partial charge in [-0.3, -0.25) is 9.59 Å². The van der Waals surface area contributed by atoms with Crippen molar-refractivity contribution in [1.29, 1.82) is 0 Å². The molecule has 1 atom stereocenters. The molecule has 3 rings (SSSR count). The summed E-state index contributed by atoms with van der Waals surface area (Å²) in [6, 6.07) is 23.9. The molecule has 0 fully saturated rings. The zero-order chi connectivity index (χ0) is 20.6. The van der Waals surface area contributed by atoms with Crippen LogP contribution in [0.15, 0.2) is 78.9 Å². The van der Waals surface area contributed by atoms with E-state index in [0.717, 1.165) is 16.7 Å². The minimum Gasteiger partial charge on any atom is -0.496 e. The summed E-state index contributed by atoms with van der Waals surface area (Å²) in [6.45, 7) is 1.89. The second-order valence-electron chi connectivity index (χ2n) is 6.99. The van der Waals surface area contributed by atoms with Gasteiger partial charge >= 0.3 is 0 Å². The summed E-state index contributed by atoms with van der Waals surface area (Å²) in [4.78, 5) is 26.0. The number of ketones is 1. The highest BCUT2D eigenvalue weighted by atomic mass is 16.5. The molecule has 3 aromatic rings. The lowest BCUT2D eigenvalue weighted by Crippen LogP contribution is -2.43. The third-order valence-electron chi connectivity index (χ3n) is 4.92. The van der Waals surface area contributed by atoms with Crippen LogP contribution in [0.3, 0.4) is 0 Å². The molecule has 0 heterocycles. The molecule has 0 bridgehead atoms. The number of aryl methyl sites for hydroxylation is 1. The van der Waals surface area contributed by atoms with Gasteiger partial charge in [0, 0.05) is 17.5 Å². The number of benzene rings is 3. The molecule has 0 aromatic heterocycles. The molecule has 0 aliphatic rings. The SMILES string of the molecule is COc1ccccc1CC(=O)C(Cc1ccccc1)NC(=O)c1ccccc1C. The molecular weight excluding hydrogens is 362 g/mol. The van der Waals surface area contributed by atoms with E-state index >= 15 is 0 Å². The normalized spacial score (nSPS) is 11.5. The van der Waals surface area contributed by atoms with Gasteiger partial charge in [0.1, 0.15) is 5.75 Å². The number of carbonyl (C=O) groups excluding carboxylic acids is 2. The van der Waals surface area contributed by atoms with Crippen LogP contribution in [0, 0.1) is 6.92 Å². The predicted molar refractivity (Wildman–Crippen MR) is 114 cm³/mol. The molecule has 148 valence electrons. The van der Waals surface area contributed by atoms with Gasteiger partial charge in [-0.1, -0.05) is 66.7 Å². The van der Waals surface area contributed by atoms with Crippen LogP contribution in [0.4, 0.5) is 0 Å². The molecule has 0 saturated carbocycles. The number of ether oxygens (including phenoxy) is 1. The third-order valence-corrected chi connectivity index (χ3v) is 4.92. The van der Waals surface area contributed by atoms with Crippen molar-refractivity contribution < 1.29 is 14.3 Å². The molecule has 0 aliphatic heterocycles. The molecule has 4 nitrogen and oxygen atoms in total. The lowest BCUT2D eigenvalue weighted by atomic mass is 9.96. The van der Waals surface area contributed by atoms with E-state index in [2.05, 4.69) is 5.32 Å². The van der Waals surface area contributed by atoms with E-state index < -0.39 is 6.04 Å². The van der Waals surface area contributed by atoms with E-state index in [4.69, 9.17) is 4.74 Å². The maximum absolute atomic E-state index is 13.2. The lowest BCUT2D eigenvalue weighted by Gasteiger charge is -2.19. The number of Topliss-reactive ketones (excluding diaryl/α,β-unsaturated/α-hetero) is 1. The Morgan fingerprint density at radius 2 is 1.55 bits per heavy atom. The van der Waals surface area contributed by atoms with E-state index in [1.807, 2.05) is 79.7 Å². The number of amides is 1. The van der Waals surface area contributed by atoms with E-state index in [1.54, 1.807) is 13.2 Å². The third kappa shape index (κ3) is 5.32. The highest BCUT2D eigenvalue weighted by molar-refractivity contribution is 5.99. The molecule has 0 spiro atoms. The van der Waals surface area contributed by atoms with Gasteiger partial charge in [0.15, 0.2) is 5.78 Å². The van der Waals surface area contributed by atoms with E-state index in [-0.39, 0.29) is 18.1 Å². The van der Waals surface area contributed by atoms with E-state index in [0.29, 0.717) is 17.7 Å². The van der Waals surface area contributed by atoms with Crippen molar-refractivity contribution in [2.45, 2.75) is 25.8 Å².